The summed E-state index contributed by atoms with van der Waals surface area (Å²) in [5.41, 5.74) is 2.43. The molecule has 7 heteroatoms. The monoisotopic (exact) mass is 422 g/mol. The number of rotatable bonds is 5. The minimum atomic E-state index is -0.368. The predicted molar refractivity (Wildman–Crippen MR) is 117 cm³/mol. The first-order valence-electron chi connectivity index (χ1n) is 9.96. The smallest absolute Gasteiger partial charge is 0.337 e. The van der Waals surface area contributed by atoms with E-state index in [1.54, 1.807) is 47.8 Å². The molecular weight excluding hydrogens is 398 g/mol. The summed E-state index contributed by atoms with van der Waals surface area (Å²) in [7, 11) is 1.36. The summed E-state index contributed by atoms with van der Waals surface area (Å²) in [6.45, 7) is 4.23. The summed E-state index contributed by atoms with van der Waals surface area (Å²) >= 11 is 1.76. The minimum absolute atomic E-state index is 0.0195. The zero-order valence-electron chi connectivity index (χ0n) is 16.8. The van der Waals surface area contributed by atoms with Crippen LogP contribution in [0.25, 0.3) is 16.3 Å². The summed E-state index contributed by atoms with van der Waals surface area (Å²) in [4.78, 5) is 32.1. The van der Waals surface area contributed by atoms with E-state index >= 15 is 0 Å². The van der Waals surface area contributed by atoms with Gasteiger partial charge >= 0.3 is 5.97 Å². The van der Waals surface area contributed by atoms with E-state index in [0.717, 1.165) is 48.8 Å². The number of methoxy groups -OCH3 is 1. The van der Waals surface area contributed by atoms with Crippen LogP contribution < -0.4 is 4.90 Å². The third-order valence-electron chi connectivity index (χ3n) is 5.27. The van der Waals surface area contributed by atoms with E-state index in [2.05, 4.69) is 12.1 Å². The molecule has 1 fully saturated rings. The maximum atomic E-state index is 12.5. The Labute approximate surface area is 179 Å². The molecule has 0 aliphatic carbocycles. The molecule has 1 saturated heterocycles. The van der Waals surface area contributed by atoms with Gasteiger partial charge in [0, 0.05) is 6.08 Å². The van der Waals surface area contributed by atoms with E-state index in [0.29, 0.717) is 5.56 Å². The molecule has 0 unspecified atom stereocenters. The quantitative estimate of drug-likeness (QED) is 0.505. The second-order valence-corrected chi connectivity index (χ2v) is 8.39. The van der Waals surface area contributed by atoms with E-state index < -0.39 is 0 Å². The summed E-state index contributed by atoms with van der Waals surface area (Å²) in [5, 5.41) is 1.15. The molecule has 4 rings (SSSR count). The van der Waals surface area contributed by atoms with Gasteiger partial charge in [-0.2, -0.15) is 0 Å². The normalized spacial score (nSPS) is 15.0. The van der Waals surface area contributed by atoms with Crippen molar-refractivity contribution >= 4 is 39.5 Å². The molecule has 1 amide bonds. The average Bonchev–Trinajstić information content (AvgIpc) is 3.20. The highest BCUT2D eigenvalue weighted by Gasteiger charge is 2.23. The fourth-order valence-corrected chi connectivity index (χ4v) is 4.59. The first-order chi connectivity index (χ1) is 14.6. The number of thiazole rings is 1. The van der Waals surface area contributed by atoms with Crippen molar-refractivity contribution < 1.29 is 19.2 Å². The molecule has 0 atom stereocenters. The number of hydrogen-bond acceptors (Lipinski definition) is 5. The van der Waals surface area contributed by atoms with Gasteiger partial charge in [0.2, 0.25) is 5.91 Å². The van der Waals surface area contributed by atoms with Gasteiger partial charge in [-0.15, -0.1) is 11.3 Å². The van der Waals surface area contributed by atoms with Gasteiger partial charge < -0.3 is 14.5 Å². The molecule has 0 saturated carbocycles. The number of nitrogens with zero attached hydrogens (tertiary/aromatic N) is 2. The lowest BCUT2D eigenvalue weighted by atomic mass is 10.1. The number of benzene rings is 2. The van der Waals surface area contributed by atoms with Crippen molar-refractivity contribution in [2.45, 2.75) is 6.54 Å². The van der Waals surface area contributed by atoms with E-state index in [1.165, 1.54) is 16.7 Å². The van der Waals surface area contributed by atoms with Gasteiger partial charge in [0.25, 0.3) is 0 Å². The van der Waals surface area contributed by atoms with Gasteiger partial charge in [0.15, 0.2) is 0 Å². The van der Waals surface area contributed by atoms with E-state index in [4.69, 9.17) is 9.72 Å². The lowest BCUT2D eigenvalue weighted by Gasteiger charge is -2.31. The van der Waals surface area contributed by atoms with Crippen molar-refractivity contribution in [1.29, 1.82) is 0 Å². The summed E-state index contributed by atoms with van der Waals surface area (Å²) < 4.78 is 5.92. The van der Waals surface area contributed by atoms with Gasteiger partial charge in [-0.1, -0.05) is 24.3 Å². The first kappa shape index (κ1) is 20.3. The molecule has 6 nitrogen and oxygen atoms in total. The number of esters is 1. The van der Waals surface area contributed by atoms with Gasteiger partial charge in [-0.05, 0) is 35.9 Å². The second-order valence-electron chi connectivity index (χ2n) is 7.27. The first-order valence-corrected chi connectivity index (χ1v) is 10.8. The third-order valence-corrected chi connectivity index (χ3v) is 6.31. The number of fused-ring (bicyclic) bond motifs is 1. The highest BCUT2D eigenvalue weighted by molar-refractivity contribution is 7.18. The van der Waals surface area contributed by atoms with Crippen molar-refractivity contribution in [3.63, 3.8) is 0 Å². The molecule has 0 bridgehead atoms. The number of carbonyl (C=O) groups is 2. The number of quaternary nitrogens is 1. The third kappa shape index (κ3) is 4.75. The predicted octanol–water partition coefficient (Wildman–Crippen LogP) is 2.02. The Bertz CT molecular complexity index is 1030. The number of piperazine rings is 1. The average molecular weight is 423 g/mol. The molecule has 30 heavy (non-hydrogen) atoms. The van der Waals surface area contributed by atoms with Crippen LogP contribution in [0.5, 0.6) is 0 Å². The SMILES string of the molecule is COC(=O)c1ccc(/C=C/C(=O)N2CC[NH+](Cc3nc4ccccc4s3)CC2)cc1. The van der Waals surface area contributed by atoms with Crippen molar-refractivity contribution in [2.75, 3.05) is 33.3 Å². The van der Waals surface area contributed by atoms with Gasteiger partial charge in [0.1, 0.15) is 11.6 Å². The molecule has 0 radical (unpaired) electrons. The van der Waals surface area contributed by atoms with Crippen LogP contribution in [0.1, 0.15) is 20.9 Å². The highest BCUT2D eigenvalue weighted by Crippen LogP contribution is 2.20. The van der Waals surface area contributed by atoms with Crippen LogP contribution in [0, 0.1) is 0 Å². The van der Waals surface area contributed by atoms with Crippen LogP contribution in [0.2, 0.25) is 0 Å². The largest absolute Gasteiger partial charge is 0.465 e. The Morgan fingerprint density at radius 2 is 1.87 bits per heavy atom. The van der Waals surface area contributed by atoms with Crippen LogP contribution in [0.3, 0.4) is 0 Å². The van der Waals surface area contributed by atoms with Gasteiger partial charge in [0.05, 0.1) is 49.1 Å². The number of ether oxygens (including phenoxy) is 1. The van der Waals surface area contributed by atoms with Crippen LogP contribution in [0.4, 0.5) is 0 Å². The zero-order valence-corrected chi connectivity index (χ0v) is 17.7. The van der Waals surface area contributed by atoms with E-state index in [9.17, 15) is 9.59 Å². The minimum Gasteiger partial charge on any atom is -0.465 e. The molecule has 1 N–H and O–H groups in total. The molecular formula is C23H24N3O3S+. The summed E-state index contributed by atoms with van der Waals surface area (Å²) in [6.07, 6.45) is 3.38. The maximum absolute atomic E-state index is 12.5. The second kappa shape index (κ2) is 9.19. The molecule has 2 heterocycles. The van der Waals surface area contributed by atoms with Crippen molar-refractivity contribution in [3.05, 3.63) is 70.7 Å². The fraction of sp³-hybridized carbons (Fsp3) is 0.261. The number of aromatic nitrogens is 1. The van der Waals surface area contributed by atoms with Crippen molar-refractivity contribution in [3.8, 4) is 0 Å². The molecule has 1 aromatic heterocycles. The fourth-order valence-electron chi connectivity index (χ4n) is 3.55. The number of para-hydroxylation sites is 1. The summed E-state index contributed by atoms with van der Waals surface area (Å²) in [6, 6.07) is 15.2. The molecule has 1 aliphatic heterocycles. The maximum Gasteiger partial charge on any atom is 0.337 e. The number of hydrogen-bond donors (Lipinski definition) is 1. The van der Waals surface area contributed by atoms with E-state index in [-0.39, 0.29) is 11.9 Å². The van der Waals surface area contributed by atoms with Crippen LogP contribution >= 0.6 is 11.3 Å². The Morgan fingerprint density at radius 3 is 2.57 bits per heavy atom. The molecule has 3 aromatic rings. The van der Waals surface area contributed by atoms with Gasteiger partial charge in [-0.3, -0.25) is 4.79 Å². The van der Waals surface area contributed by atoms with Crippen LogP contribution in [-0.2, 0) is 16.1 Å². The summed E-state index contributed by atoms with van der Waals surface area (Å²) in [5.74, 6) is -0.348. The molecule has 0 spiro atoms. The Kier molecular flexibility index (Phi) is 6.21. The number of nitrogens with one attached hydrogen (secondary N) is 1. The molecule has 154 valence electrons. The molecule has 2 aromatic carbocycles. The number of carbonyl (C=O) groups excluding carboxylic acids is 2. The lowest BCUT2D eigenvalue weighted by Crippen LogP contribution is -3.13. The standard InChI is InChI=1S/C23H23N3O3S/c1-29-23(28)18-9-6-17(7-10-18)8-11-22(27)26-14-12-25(13-15-26)16-21-24-19-4-2-3-5-20(19)30-21/h2-11H,12-16H2,1H3/p+1/b11-8+. The van der Waals surface area contributed by atoms with Crippen molar-refractivity contribution in [1.82, 2.24) is 9.88 Å². The Morgan fingerprint density at radius 1 is 1.13 bits per heavy atom. The number of amides is 1. The van der Waals surface area contributed by atoms with Crippen molar-refractivity contribution in [2.24, 2.45) is 0 Å². The zero-order chi connectivity index (χ0) is 20.9. The van der Waals surface area contributed by atoms with E-state index in [1.807, 2.05) is 17.0 Å². The Balaban J connectivity index is 1.28. The van der Waals surface area contributed by atoms with Crippen LogP contribution in [-0.4, -0.2) is 55.0 Å². The Hall–Kier alpha value is -3.03. The lowest BCUT2D eigenvalue weighted by molar-refractivity contribution is -0.917. The topological polar surface area (TPSA) is 63.9 Å². The molecule has 1 aliphatic rings. The highest BCUT2D eigenvalue weighted by atomic mass is 32.1. The van der Waals surface area contributed by atoms with Crippen LogP contribution in [0.15, 0.2) is 54.6 Å². The van der Waals surface area contributed by atoms with Gasteiger partial charge in [-0.25, -0.2) is 9.78 Å².